The summed E-state index contributed by atoms with van der Waals surface area (Å²) < 4.78 is 5.52. The number of hydrogen-bond donors (Lipinski definition) is 0. The lowest BCUT2D eigenvalue weighted by molar-refractivity contribution is 0.0983. The van der Waals surface area contributed by atoms with Crippen molar-refractivity contribution < 1.29 is 9.53 Å². The molecule has 5 nitrogen and oxygen atoms in total. The predicted molar refractivity (Wildman–Crippen MR) is 107 cm³/mol. The summed E-state index contributed by atoms with van der Waals surface area (Å²) in [6, 6.07) is 11.8. The third kappa shape index (κ3) is 3.03. The molecule has 0 bridgehead atoms. The number of anilines is 1. The van der Waals surface area contributed by atoms with Crippen LogP contribution in [0.15, 0.2) is 42.6 Å². The number of aryl methyl sites for hydroxylation is 1. The standard InChI is InChI=1S/C22H23N3O2/c1-14(2)17-13-23-21-16(24-17)10-11-19(27-3)20(21)22(26)25-12-6-8-15-7-4-5-9-18(15)25/h4-5,7,9-11,13-14H,6,8,12H2,1-3H3. The molecule has 0 saturated carbocycles. The van der Waals surface area contributed by atoms with Crippen LogP contribution in [-0.2, 0) is 6.42 Å². The van der Waals surface area contributed by atoms with Gasteiger partial charge in [-0.15, -0.1) is 0 Å². The third-order valence-corrected chi connectivity index (χ3v) is 5.07. The van der Waals surface area contributed by atoms with Gasteiger partial charge in [0.05, 0.1) is 18.3 Å². The number of amides is 1. The quantitative estimate of drug-likeness (QED) is 0.696. The summed E-state index contributed by atoms with van der Waals surface area (Å²) >= 11 is 0. The Hall–Kier alpha value is -2.95. The van der Waals surface area contributed by atoms with E-state index < -0.39 is 0 Å². The van der Waals surface area contributed by atoms with Crippen LogP contribution < -0.4 is 9.64 Å². The molecule has 27 heavy (non-hydrogen) atoms. The Morgan fingerprint density at radius 2 is 2.00 bits per heavy atom. The largest absolute Gasteiger partial charge is 0.496 e. The van der Waals surface area contributed by atoms with Gasteiger partial charge in [0.25, 0.3) is 5.91 Å². The maximum atomic E-state index is 13.6. The molecule has 2 heterocycles. The number of ether oxygens (including phenoxy) is 1. The van der Waals surface area contributed by atoms with Gasteiger partial charge in [-0.3, -0.25) is 9.78 Å². The summed E-state index contributed by atoms with van der Waals surface area (Å²) in [5, 5.41) is 0. The van der Waals surface area contributed by atoms with Gasteiger partial charge >= 0.3 is 0 Å². The molecule has 1 aliphatic heterocycles. The topological polar surface area (TPSA) is 55.3 Å². The molecule has 1 amide bonds. The van der Waals surface area contributed by atoms with Gasteiger partial charge in [-0.2, -0.15) is 0 Å². The molecule has 0 saturated heterocycles. The molecule has 1 aliphatic rings. The van der Waals surface area contributed by atoms with Gasteiger partial charge in [0, 0.05) is 18.4 Å². The molecule has 0 aliphatic carbocycles. The van der Waals surface area contributed by atoms with Crippen LogP contribution in [0.2, 0.25) is 0 Å². The minimum atomic E-state index is -0.0869. The first-order valence-corrected chi connectivity index (χ1v) is 9.33. The lowest BCUT2D eigenvalue weighted by Gasteiger charge is -2.30. The minimum Gasteiger partial charge on any atom is -0.496 e. The van der Waals surface area contributed by atoms with Crippen molar-refractivity contribution in [2.45, 2.75) is 32.6 Å². The zero-order chi connectivity index (χ0) is 19.0. The van der Waals surface area contributed by atoms with Gasteiger partial charge in [-0.1, -0.05) is 32.0 Å². The van der Waals surface area contributed by atoms with Gasteiger partial charge in [-0.25, -0.2) is 4.98 Å². The van der Waals surface area contributed by atoms with Crippen LogP contribution in [-0.4, -0.2) is 29.5 Å². The number of aromatic nitrogens is 2. The third-order valence-electron chi connectivity index (χ3n) is 5.07. The average molecular weight is 361 g/mol. The Kier molecular flexibility index (Phi) is 4.52. The molecule has 0 fully saturated rings. The lowest BCUT2D eigenvalue weighted by atomic mass is 10.00. The van der Waals surface area contributed by atoms with Crippen molar-refractivity contribution in [3.63, 3.8) is 0 Å². The molecule has 5 heteroatoms. The Balaban J connectivity index is 1.86. The molecule has 0 atom stereocenters. The Labute approximate surface area is 159 Å². The second-order valence-electron chi connectivity index (χ2n) is 7.15. The van der Waals surface area contributed by atoms with Crippen molar-refractivity contribution in [3.8, 4) is 5.75 Å². The van der Waals surface area contributed by atoms with Crippen LogP contribution in [0.3, 0.4) is 0 Å². The van der Waals surface area contributed by atoms with Gasteiger partial charge < -0.3 is 9.64 Å². The highest BCUT2D eigenvalue weighted by Crippen LogP contribution is 2.33. The Morgan fingerprint density at radius 3 is 2.78 bits per heavy atom. The first-order chi connectivity index (χ1) is 13.1. The number of carbonyl (C=O) groups excluding carboxylic acids is 1. The zero-order valence-corrected chi connectivity index (χ0v) is 15.9. The van der Waals surface area contributed by atoms with E-state index in [0.717, 1.165) is 29.7 Å². The van der Waals surface area contributed by atoms with E-state index >= 15 is 0 Å². The number of nitrogens with zero attached hydrogens (tertiary/aromatic N) is 3. The van der Waals surface area contributed by atoms with Crippen molar-refractivity contribution in [1.82, 2.24) is 9.97 Å². The minimum absolute atomic E-state index is 0.0869. The van der Waals surface area contributed by atoms with E-state index in [2.05, 4.69) is 24.9 Å². The molecular weight excluding hydrogens is 338 g/mol. The molecular formula is C22H23N3O2. The number of rotatable bonds is 3. The van der Waals surface area contributed by atoms with Crippen LogP contribution in [0.4, 0.5) is 5.69 Å². The fourth-order valence-electron chi connectivity index (χ4n) is 3.62. The van der Waals surface area contributed by atoms with E-state index in [1.54, 1.807) is 13.3 Å². The zero-order valence-electron chi connectivity index (χ0n) is 15.9. The number of methoxy groups -OCH3 is 1. The second-order valence-corrected chi connectivity index (χ2v) is 7.15. The first kappa shape index (κ1) is 17.5. The molecule has 1 aromatic heterocycles. The van der Waals surface area contributed by atoms with E-state index in [0.29, 0.717) is 23.4 Å². The molecule has 138 valence electrons. The van der Waals surface area contributed by atoms with Crippen molar-refractivity contribution in [2.75, 3.05) is 18.6 Å². The van der Waals surface area contributed by atoms with Crippen molar-refractivity contribution in [3.05, 3.63) is 59.4 Å². The normalized spacial score (nSPS) is 13.7. The van der Waals surface area contributed by atoms with E-state index in [1.165, 1.54) is 5.56 Å². The van der Waals surface area contributed by atoms with Crippen molar-refractivity contribution in [2.24, 2.45) is 0 Å². The second kappa shape index (κ2) is 6.99. The summed E-state index contributed by atoms with van der Waals surface area (Å²) in [6.07, 6.45) is 3.69. The van der Waals surface area contributed by atoms with Crippen LogP contribution in [0, 0.1) is 0 Å². The molecule has 3 aromatic rings. The lowest BCUT2D eigenvalue weighted by Crippen LogP contribution is -2.35. The number of para-hydroxylation sites is 1. The highest BCUT2D eigenvalue weighted by molar-refractivity contribution is 6.15. The maximum Gasteiger partial charge on any atom is 0.264 e. The van der Waals surface area contributed by atoms with Crippen molar-refractivity contribution in [1.29, 1.82) is 0 Å². The number of carbonyl (C=O) groups is 1. The van der Waals surface area contributed by atoms with Gasteiger partial charge in [0.2, 0.25) is 0 Å². The summed E-state index contributed by atoms with van der Waals surface area (Å²) in [4.78, 5) is 24.7. The number of benzene rings is 2. The summed E-state index contributed by atoms with van der Waals surface area (Å²) in [5.41, 5.74) is 4.87. The smallest absolute Gasteiger partial charge is 0.264 e. The van der Waals surface area contributed by atoms with E-state index in [9.17, 15) is 4.79 Å². The Morgan fingerprint density at radius 1 is 1.19 bits per heavy atom. The summed E-state index contributed by atoms with van der Waals surface area (Å²) in [6.45, 7) is 4.85. The van der Waals surface area contributed by atoms with Gasteiger partial charge in [0.15, 0.2) is 0 Å². The van der Waals surface area contributed by atoms with Gasteiger partial charge in [0.1, 0.15) is 16.8 Å². The summed E-state index contributed by atoms with van der Waals surface area (Å²) in [5.74, 6) is 0.718. The highest BCUT2D eigenvalue weighted by Gasteiger charge is 2.28. The van der Waals surface area contributed by atoms with E-state index in [4.69, 9.17) is 9.72 Å². The molecule has 2 aromatic carbocycles. The average Bonchev–Trinajstić information content (AvgIpc) is 2.71. The molecule has 0 unspecified atom stereocenters. The van der Waals surface area contributed by atoms with Crippen molar-refractivity contribution >= 4 is 22.6 Å². The maximum absolute atomic E-state index is 13.6. The molecule has 0 spiro atoms. The molecule has 0 N–H and O–H groups in total. The number of hydrogen-bond acceptors (Lipinski definition) is 4. The van der Waals surface area contributed by atoms with E-state index in [1.807, 2.05) is 35.2 Å². The Bertz CT molecular complexity index is 1010. The molecule has 0 radical (unpaired) electrons. The molecule has 4 rings (SSSR count). The highest BCUT2D eigenvalue weighted by atomic mass is 16.5. The van der Waals surface area contributed by atoms with Gasteiger partial charge in [-0.05, 0) is 42.5 Å². The van der Waals surface area contributed by atoms with Crippen LogP contribution in [0.5, 0.6) is 5.75 Å². The number of fused-ring (bicyclic) bond motifs is 2. The first-order valence-electron chi connectivity index (χ1n) is 9.33. The van der Waals surface area contributed by atoms with Crippen LogP contribution >= 0.6 is 0 Å². The fourth-order valence-corrected chi connectivity index (χ4v) is 3.62. The summed E-state index contributed by atoms with van der Waals surface area (Å²) in [7, 11) is 1.58. The fraction of sp³-hybridized carbons (Fsp3) is 0.318. The SMILES string of the molecule is COc1ccc2nc(C(C)C)cnc2c1C(=O)N1CCCc2ccccc21. The van der Waals surface area contributed by atoms with Crippen LogP contribution in [0.25, 0.3) is 11.0 Å². The predicted octanol–water partition coefficient (Wildman–Crippen LogP) is 4.35. The van der Waals surface area contributed by atoms with E-state index in [-0.39, 0.29) is 11.8 Å². The van der Waals surface area contributed by atoms with Crippen LogP contribution in [0.1, 0.15) is 47.8 Å². The monoisotopic (exact) mass is 361 g/mol.